The minimum Gasteiger partial charge on any atom is -0.246 e. The molecule has 2 aromatic carbocycles. The molecule has 2 heteroatoms. The number of aryl methyl sites for hydroxylation is 3. The third-order valence-corrected chi connectivity index (χ3v) is 6.44. The van der Waals surface area contributed by atoms with E-state index in [9.17, 15) is 0 Å². The zero-order chi connectivity index (χ0) is 21.3. The molecule has 0 bridgehead atoms. The average Bonchev–Trinajstić information content (AvgIpc) is 2.80. The molecule has 154 valence electrons. The molecule has 4 rings (SSSR count). The molecule has 0 fully saturated rings. The number of benzene rings is 2. The summed E-state index contributed by atoms with van der Waals surface area (Å²) in [6.45, 7) is 11.4. The highest BCUT2D eigenvalue weighted by molar-refractivity contribution is 5.92. The number of para-hydroxylation sites is 1. The minimum atomic E-state index is 0.968. The van der Waals surface area contributed by atoms with Gasteiger partial charge < -0.3 is 0 Å². The molecule has 0 saturated carbocycles. The SMILES string of the molecule is CCc1cc2nc(-c3ccc4ccccc4n3)c(CC)c(CC)c2c(CC)c1CC. The normalized spacial score (nSPS) is 11.5. The first kappa shape index (κ1) is 20.5. The predicted octanol–water partition coefficient (Wildman–Crippen LogP) is 7.26. The molecular weight excluding hydrogens is 364 g/mol. The fraction of sp³-hybridized carbons (Fsp3) is 0.357. The van der Waals surface area contributed by atoms with Gasteiger partial charge in [-0.05, 0) is 78.1 Å². The van der Waals surface area contributed by atoms with Crippen molar-refractivity contribution in [3.05, 3.63) is 70.3 Å². The predicted molar refractivity (Wildman–Crippen MR) is 129 cm³/mol. The van der Waals surface area contributed by atoms with E-state index >= 15 is 0 Å². The molecule has 2 aromatic heterocycles. The van der Waals surface area contributed by atoms with E-state index in [1.165, 1.54) is 38.6 Å². The van der Waals surface area contributed by atoms with Gasteiger partial charge in [0, 0.05) is 10.8 Å². The van der Waals surface area contributed by atoms with E-state index < -0.39 is 0 Å². The molecule has 0 atom stereocenters. The van der Waals surface area contributed by atoms with Gasteiger partial charge in [0.15, 0.2) is 0 Å². The second-order valence-electron chi connectivity index (χ2n) is 7.96. The lowest BCUT2D eigenvalue weighted by atomic mass is 9.86. The third-order valence-electron chi connectivity index (χ3n) is 6.44. The summed E-state index contributed by atoms with van der Waals surface area (Å²) in [6, 6.07) is 15.0. The van der Waals surface area contributed by atoms with Gasteiger partial charge in [-0.2, -0.15) is 0 Å². The first-order chi connectivity index (χ1) is 14.7. The zero-order valence-electron chi connectivity index (χ0n) is 19.0. The molecule has 0 N–H and O–H groups in total. The molecule has 2 nitrogen and oxygen atoms in total. The van der Waals surface area contributed by atoms with Gasteiger partial charge in [-0.25, -0.2) is 9.97 Å². The van der Waals surface area contributed by atoms with E-state index in [4.69, 9.17) is 9.97 Å². The van der Waals surface area contributed by atoms with Crippen LogP contribution in [0.15, 0.2) is 42.5 Å². The highest BCUT2D eigenvalue weighted by Gasteiger charge is 2.20. The average molecular weight is 397 g/mol. The fourth-order valence-corrected chi connectivity index (χ4v) is 5.06. The van der Waals surface area contributed by atoms with Crippen molar-refractivity contribution in [2.75, 3.05) is 0 Å². The second kappa shape index (κ2) is 8.55. The maximum absolute atomic E-state index is 5.26. The Morgan fingerprint density at radius 1 is 0.600 bits per heavy atom. The number of nitrogens with zero attached hydrogens (tertiary/aromatic N) is 2. The topological polar surface area (TPSA) is 25.8 Å². The van der Waals surface area contributed by atoms with Gasteiger partial charge in [-0.3, -0.25) is 0 Å². The van der Waals surface area contributed by atoms with Crippen LogP contribution in [0.5, 0.6) is 0 Å². The van der Waals surface area contributed by atoms with Gasteiger partial charge in [0.2, 0.25) is 0 Å². The summed E-state index contributed by atoms with van der Waals surface area (Å²) < 4.78 is 0. The molecule has 2 heterocycles. The van der Waals surface area contributed by atoms with E-state index in [0.29, 0.717) is 0 Å². The van der Waals surface area contributed by atoms with E-state index in [1.807, 2.05) is 0 Å². The molecule has 0 aliphatic rings. The van der Waals surface area contributed by atoms with Crippen LogP contribution in [0.25, 0.3) is 33.2 Å². The van der Waals surface area contributed by atoms with Crippen molar-refractivity contribution in [2.45, 2.75) is 66.7 Å². The van der Waals surface area contributed by atoms with Crippen molar-refractivity contribution < 1.29 is 0 Å². The summed E-state index contributed by atoms with van der Waals surface area (Å²) >= 11 is 0. The molecule has 0 amide bonds. The molecule has 0 spiro atoms. The van der Waals surface area contributed by atoms with Gasteiger partial charge >= 0.3 is 0 Å². The van der Waals surface area contributed by atoms with E-state index in [-0.39, 0.29) is 0 Å². The Hall–Kier alpha value is -2.74. The Kier molecular flexibility index (Phi) is 5.85. The smallest absolute Gasteiger partial charge is 0.0928 e. The van der Waals surface area contributed by atoms with Crippen molar-refractivity contribution in [3.8, 4) is 11.4 Å². The van der Waals surface area contributed by atoms with Crippen molar-refractivity contribution in [1.82, 2.24) is 9.97 Å². The molecule has 0 radical (unpaired) electrons. The number of hydrogen-bond acceptors (Lipinski definition) is 2. The Morgan fingerprint density at radius 3 is 1.93 bits per heavy atom. The Labute approximate surface area is 180 Å². The van der Waals surface area contributed by atoms with Crippen LogP contribution < -0.4 is 0 Å². The number of fused-ring (bicyclic) bond motifs is 2. The maximum atomic E-state index is 5.26. The molecule has 0 aliphatic heterocycles. The van der Waals surface area contributed by atoms with Crippen molar-refractivity contribution >= 4 is 21.8 Å². The van der Waals surface area contributed by atoms with Crippen LogP contribution in [-0.2, 0) is 32.1 Å². The van der Waals surface area contributed by atoms with Crippen LogP contribution in [0, 0.1) is 0 Å². The van der Waals surface area contributed by atoms with Crippen LogP contribution in [0.2, 0.25) is 0 Å². The van der Waals surface area contributed by atoms with Crippen LogP contribution >= 0.6 is 0 Å². The van der Waals surface area contributed by atoms with Crippen LogP contribution in [-0.4, -0.2) is 9.97 Å². The van der Waals surface area contributed by atoms with Gasteiger partial charge in [0.1, 0.15) is 0 Å². The lowest BCUT2D eigenvalue weighted by molar-refractivity contribution is 0.978. The van der Waals surface area contributed by atoms with E-state index in [2.05, 4.69) is 77.1 Å². The van der Waals surface area contributed by atoms with Gasteiger partial charge in [0.25, 0.3) is 0 Å². The number of hydrogen-bond donors (Lipinski definition) is 0. The van der Waals surface area contributed by atoms with E-state index in [1.54, 1.807) is 0 Å². The first-order valence-electron chi connectivity index (χ1n) is 11.5. The molecular formula is C28H32N2. The van der Waals surface area contributed by atoms with Crippen LogP contribution in [0.3, 0.4) is 0 Å². The molecule has 0 aliphatic carbocycles. The zero-order valence-corrected chi connectivity index (χ0v) is 19.0. The largest absolute Gasteiger partial charge is 0.246 e. The third kappa shape index (κ3) is 3.29. The van der Waals surface area contributed by atoms with Gasteiger partial charge in [-0.1, -0.05) is 58.9 Å². The van der Waals surface area contributed by atoms with Gasteiger partial charge in [0.05, 0.1) is 22.4 Å². The Bertz CT molecular complexity index is 1220. The van der Waals surface area contributed by atoms with Gasteiger partial charge in [-0.15, -0.1) is 0 Å². The summed E-state index contributed by atoms with van der Waals surface area (Å²) in [7, 11) is 0. The summed E-state index contributed by atoms with van der Waals surface area (Å²) in [5.41, 5.74) is 11.5. The second-order valence-corrected chi connectivity index (χ2v) is 7.96. The molecule has 0 saturated heterocycles. The Balaban J connectivity index is 2.09. The highest BCUT2D eigenvalue weighted by Crippen LogP contribution is 2.36. The Morgan fingerprint density at radius 2 is 1.27 bits per heavy atom. The molecule has 0 unspecified atom stereocenters. The number of pyridine rings is 2. The molecule has 4 aromatic rings. The van der Waals surface area contributed by atoms with Crippen LogP contribution in [0.1, 0.15) is 62.4 Å². The summed E-state index contributed by atoms with van der Waals surface area (Å²) in [5, 5.41) is 2.57. The lowest BCUT2D eigenvalue weighted by Crippen LogP contribution is -2.07. The lowest BCUT2D eigenvalue weighted by Gasteiger charge is -2.21. The summed E-state index contributed by atoms with van der Waals surface area (Å²) in [4.78, 5) is 10.3. The van der Waals surface area contributed by atoms with E-state index in [0.717, 1.165) is 54.5 Å². The maximum Gasteiger partial charge on any atom is 0.0928 e. The minimum absolute atomic E-state index is 0.968. The quantitative estimate of drug-likeness (QED) is 0.343. The summed E-state index contributed by atoms with van der Waals surface area (Å²) in [6.07, 6.45) is 5.18. The monoisotopic (exact) mass is 396 g/mol. The highest BCUT2D eigenvalue weighted by atomic mass is 14.8. The van der Waals surface area contributed by atoms with Crippen LogP contribution in [0.4, 0.5) is 0 Å². The molecule has 30 heavy (non-hydrogen) atoms. The van der Waals surface area contributed by atoms with Crippen molar-refractivity contribution in [2.24, 2.45) is 0 Å². The fourth-order valence-electron chi connectivity index (χ4n) is 5.06. The summed E-state index contributed by atoms with van der Waals surface area (Å²) in [5.74, 6) is 0. The number of rotatable bonds is 6. The van der Waals surface area contributed by atoms with Crippen molar-refractivity contribution in [1.29, 1.82) is 0 Å². The van der Waals surface area contributed by atoms with Crippen molar-refractivity contribution in [3.63, 3.8) is 0 Å². The number of aromatic nitrogens is 2. The standard InChI is InChI=1S/C28H32N2/c1-6-18-17-26-27(21(8-3)20(18)7-2)22(9-4)23(10-5)28(30-26)25-16-15-19-13-11-12-14-24(19)29-25/h11-17H,6-10H2,1-5H3. The first-order valence-corrected chi connectivity index (χ1v) is 11.5.